The molecule has 1 amide bonds. The van der Waals surface area contributed by atoms with Crippen molar-refractivity contribution in [2.45, 2.75) is 47.3 Å². The summed E-state index contributed by atoms with van der Waals surface area (Å²) in [5, 5.41) is 8.06. The van der Waals surface area contributed by atoms with E-state index in [1.54, 1.807) is 4.68 Å². The number of nitrogens with zero attached hydrogens (tertiary/aromatic N) is 4. The highest BCUT2D eigenvalue weighted by atomic mass is 35.5. The van der Waals surface area contributed by atoms with Gasteiger partial charge in [0.1, 0.15) is 5.82 Å². The molecule has 3 aromatic rings. The third-order valence-corrected chi connectivity index (χ3v) is 5.21. The fourth-order valence-corrected chi connectivity index (χ4v) is 3.28. The van der Waals surface area contributed by atoms with Gasteiger partial charge >= 0.3 is 0 Å². The summed E-state index contributed by atoms with van der Waals surface area (Å²) < 4.78 is 3.92. The van der Waals surface area contributed by atoms with Crippen LogP contribution >= 0.6 is 11.6 Å². The van der Waals surface area contributed by atoms with Crippen LogP contribution in [-0.4, -0.2) is 25.2 Å². The number of carbonyl (C=O) groups is 1. The zero-order valence-electron chi connectivity index (χ0n) is 15.6. The van der Waals surface area contributed by atoms with E-state index in [2.05, 4.69) is 26.9 Å². The second-order valence-electron chi connectivity index (χ2n) is 6.55. The maximum absolute atomic E-state index is 12.5. The van der Waals surface area contributed by atoms with E-state index in [0.717, 1.165) is 34.8 Å². The van der Waals surface area contributed by atoms with Crippen molar-refractivity contribution < 1.29 is 4.79 Å². The fraction of sp³-hybridized carbons (Fsp3) is 0.421. The van der Waals surface area contributed by atoms with Crippen LogP contribution in [0.15, 0.2) is 24.3 Å². The van der Waals surface area contributed by atoms with E-state index in [0.29, 0.717) is 18.1 Å². The van der Waals surface area contributed by atoms with Crippen molar-refractivity contribution in [3.05, 3.63) is 46.5 Å². The lowest BCUT2D eigenvalue weighted by molar-refractivity contribution is -0.125. The molecule has 6 nitrogen and oxygen atoms in total. The number of hydrogen-bond acceptors (Lipinski definition) is 3. The molecule has 0 radical (unpaired) electrons. The van der Waals surface area contributed by atoms with Gasteiger partial charge in [-0.2, -0.15) is 5.10 Å². The number of benzene rings is 1. The van der Waals surface area contributed by atoms with Crippen LogP contribution < -0.4 is 5.32 Å². The predicted octanol–water partition coefficient (Wildman–Crippen LogP) is 3.48. The number of imidazole rings is 1. The Morgan fingerprint density at radius 2 is 2.04 bits per heavy atom. The first-order valence-corrected chi connectivity index (χ1v) is 9.21. The van der Waals surface area contributed by atoms with E-state index >= 15 is 0 Å². The molecule has 2 aromatic heterocycles. The number of amides is 1. The topological polar surface area (TPSA) is 64.7 Å². The smallest absolute Gasteiger partial charge is 0.225 e. The van der Waals surface area contributed by atoms with Crippen LogP contribution in [0.4, 0.5) is 0 Å². The van der Waals surface area contributed by atoms with Crippen molar-refractivity contribution >= 4 is 28.5 Å². The van der Waals surface area contributed by atoms with E-state index in [-0.39, 0.29) is 11.8 Å². The van der Waals surface area contributed by atoms with Gasteiger partial charge in [0.25, 0.3) is 0 Å². The number of para-hydroxylation sites is 2. The Morgan fingerprint density at radius 1 is 1.31 bits per heavy atom. The lowest BCUT2D eigenvalue weighted by Crippen LogP contribution is -2.32. The monoisotopic (exact) mass is 373 g/mol. The van der Waals surface area contributed by atoms with E-state index in [1.165, 1.54) is 0 Å². The zero-order valence-corrected chi connectivity index (χ0v) is 16.3. The van der Waals surface area contributed by atoms with Gasteiger partial charge in [0.2, 0.25) is 5.91 Å². The summed E-state index contributed by atoms with van der Waals surface area (Å²) in [5.74, 6) is 0.621. The van der Waals surface area contributed by atoms with Crippen LogP contribution in [0.25, 0.3) is 11.0 Å². The molecule has 1 aromatic carbocycles. The summed E-state index contributed by atoms with van der Waals surface area (Å²) in [7, 11) is 0. The minimum Gasteiger partial charge on any atom is -0.349 e. The first-order valence-electron chi connectivity index (χ1n) is 8.83. The summed E-state index contributed by atoms with van der Waals surface area (Å²) in [4.78, 5) is 17.2. The molecule has 26 heavy (non-hydrogen) atoms. The molecule has 0 bridgehead atoms. The molecule has 0 aliphatic carbocycles. The van der Waals surface area contributed by atoms with Gasteiger partial charge in [0, 0.05) is 6.54 Å². The molecule has 0 spiro atoms. The second kappa shape index (κ2) is 7.50. The van der Waals surface area contributed by atoms with E-state index in [9.17, 15) is 4.79 Å². The highest BCUT2D eigenvalue weighted by Crippen LogP contribution is 2.20. The van der Waals surface area contributed by atoms with E-state index < -0.39 is 0 Å². The molecule has 0 aliphatic heterocycles. The average Bonchev–Trinajstić information content (AvgIpc) is 3.11. The Hall–Kier alpha value is -2.34. The lowest BCUT2D eigenvalue weighted by atomic mass is 10.1. The summed E-state index contributed by atoms with van der Waals surface area (Å²) in [6.45, 7) is 9.46. The van der Waals surface area contributed by atoms with Crippen LogP contribution in [0.3, 0.4) is 0 Å². The van der Waals surface area contributed by atoms with Gasteiger partial charge in [-0.05, 0) is 32.9 Å². The molecule has 0 saturated heterocycles. The number of halogens is 1. The number of fused-ring (bicyclic) bond motifs is 1. The lowest BCUT2D eigenvalue weighted by Gasteiger charge is -2.14. The molecule has 0 unspecified atom stereocenters. The molecular formula is C19H24ClN5O. The van der Waals surface area contributed by atoms with Crippen molar-refractivity contribution in [3.8, 4) is 0 Å². The van der Waals surface area contributed by atoms with Gasteiger partial charge in [0.05, 0.1) is 46.5 Å². The Morgan fingerprint density at radius 3 is 2.69 bits per heavy atom. The molecule has 2 heterocycles. The van der Waals surface area contributed by atoms with Crippen LogP contribution in [0.1, 0.15) is 31.1 Å². The number of aryl methyl sites for hydroxylation is 2. The number of aromatic nitrogens is 4. The highest BCUT2D eigenvalue weighted by Gasteiger charge is 2.18. The first kappa shape index (κ1) is 18.5. The fourth-order valence-electron chi connectivity index (χ4n) is 3.15. The molecule has 0 saturated carbocycles. The van der Waals surface area contributed by atoms with Crippen molar-refractivity contribution in [1.29, 1.82) is 0 Å². The zero-order chi connectivity index (χ0) is 18.8. The predicted molar refractivity (Wildman–Crippen MR) is 103 cm³/mol. The molecule has 138 valence electrons. The van der Waals surface area contributed by atoms with Crippen molar-refractivity contribution in [1.82, 2.24) is 24.6 Å². The summed E-state index contributed by atoms with van der Waals surface area (Å²) in [6.07, 6.45) is 0. The third kappa shape index (κ3) is 3.46. The standard InChI is InChI=1S/C19H24ClN5O/c1-5-24-16-9-7-6-8-15(16)22-17(24)10-21-19(26)12(2)11-25-14(4)18(20)13(3)23-25/h6-9,12H,5,10-11H2,1-4H3,(H,21,26)/t12-/m0/s1. The van der Waals surface area contributed by atoms with E-state index in [4.69, 9.17) is 11.6 Å². The number of nitrogens with one attached hydrogen (secondary N) is 1. The normalized spacial score (nSPS) is 12.5. The first-order chi connectivity index (χ1) is 12.4. The molecule has 0 aliphatic rings. The van der Waals surface area contributed by atoms with Crippen LogP contribution in [0, 0.1) is 19.8 Å². The quantitative estimate of drug-likeness (QED) is 0.719. The van der Waals surface area contributed by atoms with Gasteiger partial charge in [-0.1, -0.05) is 30.7 Å². The maximum Gasteiger partial charge on any atom is 0.225 e. The molecule has 1 atom stereocenters. The van der Waals surface area contributed by atoms with Gasteiger partial charge < -0.3 is 9.88 Å². The average molecular weight is 374 g/mol. The summed E-state index contributed by atoms with van der Waals surface area (Å²) >= 11 is 6.18. The number of carbonyl (C=O) groups excluding carboxylic acids is 1. The number of hydrogen-bond donors (Lipinski definition) is 1. The van der Waals surface area contributed by atoms with E-state index in [1.807, 2.05) is 45.0 Å². The summed E-state index contributed by atoms with van der Waals surface area (Å²) in [5.41, 5.74) is 3.71. The SMILES string of the molecule is CCn1c(CNC(=O)[C@@H](C)Cn2nc(C)c(Cl)c2C)nc2ccccc21. The molecule has 7 heteroatoms. The van der Waals surface area contributed by atoms with Crippen molar-refractivity contribution in [2.75, 3.05) is 0 Å². The maximum atomic E-state index is 12.5. The Bertz CT molecular complexity index is 943. The third-order valence-electron chi connectivity index (χ3n) is 4.66. The van der Waals surface area contributed by atoms with Crippen molar-refractivity contribution in [2.24, 2.45) is 5.92 Å². The highest BCUT2D eigenvalue weighted by molar-refractivity contribution is 6.31. The molecular weight excluding hydrogens is 350 g/mol. The number of rotatable bonds is 6. The Kier molecular flexibility index (Phi) is 5.32. The van der Waals surface area contributed by atoms with Crippen LogP contribution in [-0.2, 0) is 24.4 Å². The van der Waals surface area contributed by atoms with Gasteiger partial charge in [0.15, 0.2) is 0 Å². The van der Waals surface area contributed by atoms with Crippen molar-refractivity contribution in [3.63, 3.8) is 0 Å². The minimum atomic E-state index is -0.219. The van der Waals surface area contributed by atoms with Crippen LogP contribution in [0.2, 0.25) is 5.02 Å². The molecule has 3 rings (SSSR count). The largest absolute Gasteiger partial charge is 0.349 e. The Labute approximate surface area is 158 Å². The Balaban J connectivity index is 1.67. The van der Waals surface area contributed by atoms with Gasteiger partial charge in [-0.25, -0.2) is 4.98 Å². The molecule has 0 fully saturated rings. The van der Waals surface area contributed by atoms with Gasteiger partial charge in [-0.3, -0.25) is 9.48 Å². The second-order valence-corrected chi connectivity index (χ2v) is 6.92. The van der Waals surface area contributed by atoms with Gasteiger partial charge in [-0.15, -0.1) is 0 Å². The minimum absolute atomic E-state index is 0.0246. The van der Waals surface area contributed by atoms with Crippen LogP contribution in [0.5, 0.6) is 0 Å². The summed E-state index contributed by atoms with van der Waals surface area (Å²) in [6, 6.07) is 8.01. The molecule has 1 N–H and O–H groups in total.